The third-order valence-electron chi connectivity index (χ3n) is 0. The van der Waals surface area contributed by atoms with Crippen molar-refractivity contribution < 1.29 is 37.6 Å². The molecule has 0 aromatic heterocycles. The maximum absolute atomic E-state index is 0. The normalized spacial score (nSPS) is 0. The first-order chi connectivity index (χ1) is 0. The van der Waals surface area contributed by atoms with Gasteiger partial charge in [0.2, 0.25) is 0 Å². The molecule has 0 atom stereocenters. The van der Waals surface area contributed by atoms with E-state index >= 15 is 0 Å². The predicted octanol–water partition coefficient (Wildman–Crippen LogP) is -1.08. The molecule has 0 aliphatic rings. The van der Waals surface area contributed by atoms with Gasteiger partial charge >= 0.3 is 0 Å². The van der Waals surface area contributed by atoms with Crippen LogP contribution in [0.2, 0.25) is 0 Å². The van der Waals surface area contributed by atoms with Gasteiger partial charge in [0, 0.05) is 37.6 Å². The molecule has 30 valence electrons. The Balaban J connectivity index is 0. The van der Waals surface area contributed by atoms with Gasteiger partial charge in [0.1, 0.15) is 0 Å². The summed E-state index contributed by atoms with van der Waals surface area (Å²) in [5.41, 5.74) is 0. The van der Waals surface area contributed by atoms with Crippen LogP contribution in [0.25, 0.3) is 0 Å². The molecule has 0 aromatic rings. The van der Waals surface area contributed by atoms with Crippen molar-refractivity contribution in [3.63, 3.8) is 0 Å². The molecule has 0 amide bonds. The quantitative estimate of drug-likeness (QED) is 0.454. The molecule has 0 rings (SSSR count). The first-order valence-electron chi connectivity index (χ1n) is 0. The van der Waals surface area contributed by atoms with Crippen LogP contribution in [0.4, 0.5) is 0 Å². The largest absolute Gasteiger partial charge is 0.197 e. The van der Waals surface area contributed by atoms with Crippen molar-refractivity contribution in [2.24, 2.45) is 0 Å². The molecule has 0 bridgehead atoms. The fraction of sp³-hybridized carbons (Fsp3) is 0. The summed E-state index contributed by atoms with van der Waals surface area (Å²) in [5, 5.41) is 0. The fourth-order valence-corrected chi connectivity index (χ4v) is 0. The molecular weight excluding hydrogens is 214 g/mol. The van der Waals surface area contributed by atoms with Crippen LogP contribution in [-0.4, -0.2) is 17.4 Å². The Morgan fingerprint density at radius 1 is 1.00 bits per heavy atom. The third kappa shape index (κ3) is 8.96. The van der Waals surface area contributed by atoms with E-state index in [1.165, 1.54) is 0 Å². The monoisotopic (exact) mass is 220 g/mol. The van der Waals surface area contributed by atoms with Crippen LogP contribution in [0, 0.1) is 0 Å². The van der Waals surface area contributed by atoms with E-state index in [0.717, 1.165) is 0 Å². The second kappa shape index (κ2) is 19.6. The average molecular weight is 219 g/mol. The standard InChI is InChI=1S/Al.Mo.Ni.H2S.3H/h;;;1H2;;;. The molecule has 0 aliphatic carbocycles. The summed E-state index contributed by atoms with van der Waals surface area (Å²) in [6, 6.07) is 0. The van der Waals surface area contributed by atoms with Gasteiger partial charge in [-0.3, -0.25) is 0 Å². The van der Waals surface area contributed by atoms with E-state index in [1.54, 1.807) is 0 Å². The summed E-state index contributed by atoms with van der Waals surface area (Å²) < 4.78 is 0. The van der Waals surface area contributed by atoms with Crippen molar-refractivity contribution >= 4 is 30.9 Å². The zero-order chi connectivity index (χ0) is 0. The van der Waals surface area contributed by atoms with Crippen LogP contribution in [0.5, 0.6) is 0 Å². The third-order valence-corrected chi connectivity index (χ3v) is 0. The molecule has 0 spiro atoms. The Labute approximate surface area is 67.9 Å². The number of hydrogen-bond donors (Lipinski definition) is 0. The summed E-state index contributed by atoms with van der Waals surface area (Å²) in [6.45, 7) is 0. The maximum Gasteiger partial charge on any atom is 0.187 e. The van der Waals surface area contributed by atoms with Crippen LogP contribution in [0.1, 0.15) is 0 Å². The first kappa shape index (κ1) is 36.5. The predicted molar refractivity (Wildman–Crippen MR) is 20.3 cm³/mol. The Hall–Kier alpha value is 2.06. The Bertz CT molecular complexity index is 8.00. The van der Waals surface area contributed by atoms with Gasteiger partial charge in [0.25, 0.3) is 0 Å². The van der Waals surface area contributed by atoms with E-state index in [0.29, 0.717) is 0 Å². The SMILES string of the molecule is S.[AlH3].[Mo].[Ni]. The van der Waals surface area contributed by atoms with Crippen LogP contribution in [-0.2, 0) is 37.6 Å². The molecule has 4 heavy (non-hydrogen) atoms. The summed E-state index contributed by atoms with van der Waals surface area (Å²) in [4.78, 5) is 0. The zero-order valence-corrected chi connectivity index (χ0v) is 5.22. The Morgan fingerprint density at radius 3 is 1.00 bits per heavy atom. The summed E-state index contributed by atoms with van der Waals surface area (Å²) in [7, 11) is 0. The first-order valence-corrected chi connectivity index (χ1v) is 0. The molecule has 0 fully saturated rings. The van der Waals surface area contributed by atoms with Crippen molar-refractivity contribution in [2.45, 2.75) is 0 Å². The zero-order valence-electron chi connectivity index (χ0n) is 1.22. The number of rotatable bonds is 0. The van der Waals surface area contributed by atoms with E-state index in [1.807, 2.05) is 0 Å². The summed E-state index contributed by atoms with van der Waals surface area (Å²) in [6.07, 6.45) is 0. The van der Waals surface area contributed by atoms with Crippen molar-refractivity contribution in [3.8, 4) is 0 Å². The van der Waals surface area contributed by atoms with Gasteiger partial charge < -0.3 is 0 Å². The fourth-order valence-electron chi connectivity index (χ4n) is 0. The molecule has 0 saturated carbocycles. The molecule has 0 nitrogen and oxygen atoms in total. The topological polar surface area (TPSA) is 0 Å². The molecule has 0 N–H and O–H groups in total. The average Bonchev–Trinajstić information content (AvgIpc) is 0. The van der Waals surface area contributed by atoms with E-state index < -0.39 is 0 Å². The molecule has 0 aliphatic heterocycles. The molecule has 0 saturated heterocycles. The minimum atomic E-state index is 0. The van der Waals surface area contributed by atoms with Gasteiger partial charge in [-0.15, -0.1) is 0 Å². The van der Waals surface area contributed by atoms with E-state index in [4.69, 9.17) is 0 Å². The van der Waals surface area contributed by atoms with Crippen molar-refractivity contribution in [2.75, 3.05) is 0 Å². The van der Waals surface area contributed by atoms with Crippen LogP contribution in [0.15, 0.2) is 0 Å². The molecule has 0 aromatic carbocycles. The van der Waals surface area contributed by atoms with Gasteiger partial charge in [-0.1, -0.05) is 0 Å². The van der Waals surface area contributed by atoms with Crippen molar-refractivity contribution in [1.29, 1.82) is 0 Å². The second-order valence-electron chi connectivity index (χ2n) is 0. The summed E-state index contributed by atoms with van der Waals surface area (Å²) in [5.74, 6) is 0. The van der Waals surface area contributed by atoms with Crippen LogP contribution >= 0.6 is 13.5 Å². The van der Waals surface area contributed by atoms with E-state index in [-0.39, 0.29) is 68.4 Å². The van der Waals surface area contributed by atoms with Gasteiger partial charge in [-0.25, -0.2) is 0 Å². The Morgan fingerprint density at radius 2 is 1.00 bits per heavy atom. The second-order valence-corrected chi connectivity index (χ2v) is 0. The minimum absolute atomic E-state index is 0. The van der Waals surface area contributed by atoms with Crippen LogP contribution < -0.4 is 0 Å². The van der Waals surface area contributed by atoms with Gasteiger partial charge in [-0.05, 0) is 0 Å². The van der Waals surface area contributed by atoms with E-state index in [9.17, 15) is 0 Å². The van der Waals surface area contributed by atoms with Gasteiger partial charge in [0.15, 0.2) is 17.4 Å². The van der Waals surface area contributed by atoms with Crippen molar-refractivity contribution in [3.05, 3.63) is 0 Å². The molecule has 0 radical (unpaired) electrons. The van der Waals surface area contributed by atoms with Crippen molar-refractivity contribution in [1.82, 2.24) is 0 Å². The summed E-state index contributed by atoms with van der Waals surface area (Å²) >= 11 is 0. The molecular formula is H5AlMoNiS. The van der Waals surface area contributed by atoms with E-state index in [2.05, 4.69) is 0 Å². The maximum atomic E-state index is 0. The van der Waals surface area contributed by atoms with Crippen LogP contribution in [0.3, 0.4) is 0 Å². The molecule has 0 unspecified atom stereocenters. The minimum Gasteiger partial charge on any atom is -0.197 e. The molecule has 4 heteroatoms. The Kier molecular flexibility index (Phi) is 179. The molecule has 0 heterocycles. The van der Waals surface area contributed by atoms with Gasteiger partial charge in [0.05, 0.1) is 0 Å². The smallest absolute Gasteiger partial charge is 0.187 e. The van der Waals surface area contributed by atoms with Gasteiger partial charge in [-0.2, -0.15) is 13.5 Å². The number of hydrogen-bond acceptors (Lipinski definition) is 0.